The van der Waals surface area contributed by atoms with Crippen LogP contribution in [0.3, 0.4) is 0 Å². The molecule has 0 unspecified atom stereocenters. The lowest BCUT2D eigenvalue weighted by atomic mass is 9.97. The van der Waals surface area contributed by atoms with Gasteiger partial charge in [-0.25, -0.2) is 14.4 Å². The number of hydrogen-bond donors (Lipinski definition) is 2. The first-order chi connectivity index (χ1) is 18.3. The van der Waals surface area contributed by atoms with Gasteiger partial charge < -0.3 is 10.2 Å². The van der Waals surface area contributed by atoms with Crippen molar-refractivity contribution in [2.24, 2.45) is 5.92 Å². The summed E-state index contributed by atoms with van der Waals surface area (Å²) in [6.45, 7) is 2.36. The minimum absolute atomic E-state index is 0.185. The van der Waals surface area contributed by atoms with Crippen molar-refractivity contribution in [3.8, 4) is 11.3 Å². The molecule has 0 spiro atoms. The lowest BCUT2D eigenvalue weighted by molar-refractivity contribution is -0.115. The molecule has 38 heavy (non-hydrogen) atoms. The van der Waals surface area contributed by atoms with Gasteiger partial charge in [0.2, 0.25) is 17.8 Å². The number of imide groups is 1. The number of amides is 2. The second-order valence-corrected chi connectivity index (χ2v) is 9.87. The predicted molar refractivity (Wildman–Crippen MR) is 135 cm³/mol. The fraction of sp³-hybridized carbons (Fsp3) is 0.280. The summed E-state index contributed by atoms with van der Waals surface area (Å²) >= 11 is 0.839. The average molecular weight is 542 g/mol. The second kappa shape index (κ2) is 11.3. The molecule has 5 rings (SSSR count). The van der Waals surface area contributed by atoms with E-state index in [2.05, 4.69) is 35.5 Å². The summed E-state index contributed by atoms with van der Waals surface area (Å²) in [7, 11) is 0. The fourth-order valence-electron chi connectivity index (χ4n) is 4.28. The summed E-state index contributed by atoms with van der Waals surface area (Å²) in [5.74, 6) is -1.97. The van der Waals surface area contributed by atoms with Crippen molar-refractivity contribution in [2.45, 2.75) is 19.4 Å². The Labute approximate surface area is 220 Å². The number of nitrogens with one attached hydrogen (secondary N) is 2. The van der Waals surface area contributed by atoms with Crippen molar-refractivity contribution >= 4 is 34.9 Å². The van der Waals surface area contributed by atoms with Crippen LogP contribution in [0.5, 0.6) is 0 Å². The standard InChI is InChI=1S/C25H22F3N7O2S/c26-18-13-31-19(15-8-21(27)33-22(28)9-15)7-16(18)12-29-11-14-2-5-35(6-3-14)24-30-4-1-17(32-24)10-20-23(36)34-25(37)38-20/h1,4,7-10,13-14,29H,2-3,5-6,11-12H2,(H,34,36,37). The molecule has 0 atom stereocenters. The van der Waals surface area contributed by atoms with Crippen LogP contribution in [0.1, 0.15) is 24.1 Å². The summed E-state index contributed by atoms with van der Waals surface area (Å²) in [4.78, 5) is 41.4. The van der Waals surface area contributed by atoms with Gasteiger partial charge in [0.25, 0.3) is 11.1 Å². The van der Waals surface area contributed by atoms with Gasteiger partial charge in [0, 0.05) is 49.1 Å². The number of piperidine rings is 1. The van der Waals surface area contributed by atoms with Crippen molar-refractivity contribution in [1.29, 1.82) is 0 Å². The zero-order valence-corrected chi connectivity index (χ0v) is 20.8. The lowest BCUT2D eigenvalue weighted by Gasteiger charge is -2.32. The van der Waals surface area contributed by atoms with Crippen LogP contribution < -0.4 is 15.5 Å². The Morgan fingerprint density at radius 3 is 2.55 bits per heavy atom. The Kier molecular flexibility index (Phi) is 7.65. The molecule has 2 amide bonds. The molecule has 2 aliphatic rings. The third kappa shape index (κ3) is 6.17. The fourth-order valence-corrected chi connectivity index (χ4v) is 4.95. The van der Waals surface area contributed by atoms with Crippen LogP contribution in [0.15, 0.2) is 41.6 Å². The molecule has 2 saturated heterocycles. The molecule has 3 aromatic heterocycles. The highest BCUT2D eigenvalue weighted by atomic mass is 32.2. The van der Waals surface area contributed by atoms with E-state index in [1.807, 2.05) is 0 Å². The number of rotatable bonds is 7. The van der Waals surface area contributed by atoms with Gasteiger partial charge in [-0.1, -0.05) is 0 Å². The average Bonchev–Trinajstić information content (AvgIpc) is 3.21. The highest BCUT2D eigenvalue weighted by molar-refractivity contribution is 8.18. The zero-order chi connectivity index (χ0) is 26.6. The van der Waals surface area contributed by atoms with E-state index < -0.39 is 28.9 Å². The van der Waals surface area contributed by atoms with Crippen LogP contribution >= 0.6 is 11.8 Å². The largest absolute Gasteiger partial charge is 0.341 e. The number of hydrogen-bond acceptors (Lipinski definition) is 9. The molecule has 0 saturated carbocycles. The summed E-state index contributed by atoms with van der Waals surface area (Å²) in [6.07, 6.45) is 5.97. The van der Waals surface area contributed by atoms with E-state index in [-0.39, 0.29) is 17.8 Å². The van der Waals surface area contributed by atoms with E-state index in [1.54, 1.807) is 18.3 Å². The smallest absolute Gasteiger partial charge is 0.290 e. The predicted octanol–water partition coefficient (Wildman–Crippen LogP) is 3.68. The van der Waals surface area contributed by atoms with Gasteiger partial charge in [-0.15, -0.1) is 0 Å². The van der Waals surface area contributed by atoms with Gasteiger partial charge in [-0.3, -0.25) is 19.9 Å². The lowest BCUT2D eigenvalue weighted by Crippen LogP contribution is -2.38. The Balaban J connectivity index is 1.14. The quantitative estimate of drug-likeness (QED) is 0.342. The third-order valence-corrected chi connectivity index (χ3v) is 7.04. The van der Waals surface area contributed by atoms with Gasteiger partial charge in [0.05, 0.1) is 22.5 Å². The van der Waals surface area contributed by atoms with E-state index in [9.17, 15) is 22.8 Å². The van der Waals surface area contributed by atoms with Gasteiger partial charge in [0.1, 0.15) is 5.82 Å². The molecule has 9 nitrogen and oxygen atoms in total. The van der Waals surface area contributed by atoms with E-state index in [0.29, 0.717) is 34.6 Å². The van der Waals surface area contributed by atoms with E-state index in [4.69, 9.17) is 0 Å². The Morgan fingerprint density at radius 2 is 1.84 bits per heavy atom. The van der Waals surface area contributed by atoms with Gasteiger partial charge in [-0.05, 0) is 55.3 Å². The first-order valence-corrected chi connectivity index (χ1v) is 12.7. The molecule has 0 radical (unpaired) electrons. The van der Waals surface area contributed by atoms with Gasteiger partial charge >= 0.3 is 0 Å². The molecular formula is C25H22F3N7O2S. The molecule has 0 aromatic carbocycles. The molecule has 2 aliphatic heterocycles. The number of aromatic nitrogens is 4. The number of pyridine rings is 2. The van der Waals surface area contributed by atoms with Crippen molar-refractivity contribution in [3.05, 3.63) is 70.5 Å². The number of anilines is 1. The van der Waals surface area contributed by atoms with Crippen molar-refractivity contribution in [2.75, 3.05) is 24.5 Å². The second-order valence-electron chi connectivity index (χ2n) is 8.86. The van der Waals surface area contributed by atoms with Crippen LogP contribution in [0.4, 0.5) is 23.9 Å². The SMILES string of the molecule is O=C1NC(=O)C(=Cc2ccnc(N3CCC(CNCc4cc(-c5cc(F)nc(F)c5)ncc4F)CC3)n2)S1. The summed E-state index contributed by atoms with van der Waals surface area (Å²) in [5.41, 5.74) is 1.33. The first kappa shape index (κ1) is 25.8. The minimum Gasteiger partial charge on any atom is -0.341 e. The number of halogens is 3. The van der Waals surface area contributed by atoms with Crippen LogP contribution in [-0.4, -0.2) is 50.7 Å². The Morgan fingerprint density at radius 1 is 1.08 bits per heavy atom. The molecule has 13 heteroatoms. The monoisotopic (exact) mass is 541 g/mol. The molecule has 0 bridgehead atoms. The molecule has 0 aliphatic carbocycles. The maximum Gasteiger partial charge on any atom is 0.290 e. The first-order valence-electron chi connectivity index (χ1n) is 11.9. The molecule has 3 aromatic rings. The number of carbonyl (C=O) groups excluding carboxylic acids is 2. The highest BCUT2D eigenvalue weighted by Gasteiger charge is 2.26. The minimum atomic E-state index is -0.969. The molecule has 196 valence electrons. The van der Waals surface area contributed by atoms with Crippen molar-refractivity contribution < 1.29 is 22.8 Å². The topological polar surface area (TPSA) is 113 Å². The van der Waals surface area contributed by atoms with Crippen molar-refractivity contribution in [1.82, 2.24) is 30.6 Å². The molecular weight excluding hydrogens is 519 g/mol. The Hall–Kier alpha value is -3.84. The molecule has 2 N–H and O–H groups in total. The molecule has 5 heterocycles. The van der Waals surface area contributed by atoms with E-state index in [1.165, 1.54) is 6.07 Å². The van der Waals surface area contributed by atoms with Gasteiger partial charge in [-0.2, -0.15) is 13.8 Å². The van der Waals surface area contributed by atoms with E-state index in [0.717, 1.165) is 56.0 Å². The summed E-state index contributed by atoms with van der Waals surface area (Å²) in [5, 5.41) is 5.09. The number of carbonyl (C=O) groups is 2. The van der Waals surface area contributed by atoms with Crippen LogP contribution in [0, 0.1) is 23.6 Å². The Bertz CT molecular complexity index is 1390. The maximum atomic E-state index is 14.3. The van der Waals surface area contributed by atoms with Crippen LogP contribution in [-0.2, 0) is 11.3 Å². The van der Waals surface area contributed by atoms with Gasteiger partial charge in [0.15, 0.2) is 0 Å². The van der Waals surface area contributed by atoms with Crippen LogP contribution in [0.25, 0.3) is 17.3 Å². The van der Waals surface area contributed by atoms with E-state index >= 15 is 0 Å². The summed E-state index contributed by atoms with van der Waals surface area (Å²) < 4.78 is 41.2. The normalized spacial score (nSPS) is 17.3. The number of nitrogens with zero attached hydrogens (tertiary/aromatic N) is 5. The number of thioether (sulfide) groups is 1. The van der Waals surface area contributed by atoms with Crippen LogP contribution in [0.2, 0.25) is 0 Å². The highest BCUT2D eigenvalue weighted by Crippen LogP contribution is 2.26. The zero-order valence-electron chi connectivity index (χ0n) is 20.0. The molecule has 2 fully saturated rings. The van der Waals surface area contributed by atoms with Crippen molar-refractivity contribution in [3.63, 3.8) is 0 Å². The maximum absolute atomic E-state index is 14.3. The summed E-state index contributed by atoms with van der Waals surface area (Å²) in [6, 6.07) is 5.25. The third-order valence-electron chi connectivity index (χ3n) is 6.22.